The van der Waals surface area contributed by atoms with Crippen LogP contribution in [0.4, 0.5) is 0 Å². The van der Waals surface area contributed by atoms with Gasteiger partial charge in [0.2, 0.25) is 10.0 Å². The van der Waals surface area contributed by atoms with Crippen molar-refractivity contribution in [3.05, 3.63) is 60.2 Å². The molecule has 31 heavy (non-hydrogen) atoms. The molecule has 2 N–H and O–H groups in total. The van der Waals surface area contributed by atoms with Gasteiger partial charge in [-0.15, -0.1) is 0 Å². The first kappa shape index (κ1) is 22.7. The van der Waals surface area contributed by atoms with Crippen molar-refractivity contribution in [1.29, 1.82) is 0 Å². The molecule has 1 heterocycles. The first-order valence-corrected chi connectivity index (χ1v) is 11.2. The van der Waals surface area contributed by atoms with Crippen molar-refractivity contribution in [3.63, 3.8) is 0 Å². The summed E-state index contributed by atoms with van der Waals surface area (Å²) in [5, 5.41) is 4.98. The van der Waals surface area contributed by atoms with E-state index >= 15 is 0 Å². The van der Waals surface area contributed by atoms with E-state index in [1.54, 1.807) is 49.6 Å². The molecule has 0 bridgehead atoms. The van der Waals surface area contributed by atoms with Gasteiger partial charge in [-0.05, 0) is 36.2 Å². The molecule has 0 aliphatic carbocycles. The average molecular weight is 448 g/mol. The van der Waals surface area contributed by atoms with Gasteiger partial charge in [0.05, 0.1) is 25.2 Å². The van der Waals surface area contributed by atoms with E-state index in [1.807, 2.05) is 0 Å². The second-order valence-electron chi connectivity index (χ2n) is 6.85. The van der Waals surface area contributed by atoms with Gasteiger partial charge in [0, 0.05) is 13.1 Å². The lowest BCUT2D eigenvalue weighted by Crippen LogP contribution is -2.53. The van der Waals surface area contributed by atoms with E-state index in [-0.39, 0.29) is 24.5 Å². The molecule has 3 rings (SSSR count). The van der Waals surface area contributed by atoms with Crippen molar-refractivity contribution in [1.82, 2.24) is 14.9 Å². The first-order valence-electron chi connectivity index (χ1n) is 9.79. The maximum absolute atomic E-state index is 12.9. The van der Waals surface area contributed by atoms with E-state index in [1.165, 1.54) is 16.4 Å². The molecule has 1 saturated heterocycles. The molecular formula is C21H25N3O6S. The molecule has 9 nitrogen and oxygen atoms in total. The fourth-order valence-electron chi connectivity index (χ4n) is 3.10. The topological polar surface area (TPSA) is 114 Å². The van der Waals surface area contributed by atoms with Crippen LogP contribution in [0, 0.1) is 0 Å². The number of ether oxygens (including phenoxy) is 2. The van der Waals surface area contributed by atoms with E-state index < -0.39 is 28.1 Å². The molecule has 0 saturated carbocycles. The maximum atomic E-state index is 12.9. The van der Waals surface area contributed by atoms with Crippen LogP contribution in [0.3, 0.4) is 0 Å². The van der Waals surface area contributed by atoms with Crippen LogP contribution in [0.5, 0.6) is 5.75 Å². The quantitative estimate of drug-likeness (QED) is 0.609. The molecule has 2 amide bonds. The molecule has 2 aromatic rings. The Morgan fingerprint density at radius 2 is 1.74 bits per heavy atom. The van der Waals surface area contributed by atoms with Crippen LogP contribution in [-0.2, 0) is 30.9 Å². The summed E-state index contributed by atoms with van der Waals surface area (Å²) in [6.45, 7) is 0.665. The van der Waals surface area contributed by atoms with E-state index in [4.69, 9.17) is 9.47 Å². The number of methoxy groups -OCH3 is 1. The zero-order valence-electron chi connectivity index (χ0n) is 17.1. The fourth-order valence-corrected chi connectivity index (χ4v) is 4.68. The minimum absolute atomic E-state index is 0.138. The summed E-state index contributed by atoms with van der Waals surface area (Å²) in [5.41, 5.74) is 0.803. The van der Waals surface area contributed by atoms with Gasteiger partial charge in [-0.1, -0.05) is 30.3 Å². The molecule has 0 spiro atoms. The summed E-state index contributed by atoms with van der Waals surface area (Å²) in [7, 11) is -2.23. The lowest BCUT2D eigenvalue weighted by Gasteiger charge is -2.34. The normalized spacial score (nSPS) is 17.0. The van der Waals surface area contributed by atoms with Gasteiger partial charge in [0.15, 0.2) is 0 Å². The number of benzene rings is 2. The van der Waals surface area contributed by atoms with Crippen molar-refractivity contribution in [3.8, 4) is 5.75 Å². The van der Waals surface area contributed by atoms with E-state index in [0.29, 0.717) is 18.8 Å². The summed E-state index contributed by atoms with van der Waals surface area (Å²) in [6.07, 6.45) is -0.351. The molecule has 1 fully saturated rings. The highest BCUT2D eigenvalue weighted by molar-refractivity contribution is 7.89. The maximum Gasteiger partial charge on any atom is 0.309 e. The molecule has 0 unspecified atom stereocenters. The van der Waals surface area contributed by atoms with E-state index in [9.17, 15) is 18.0 Å². The number of nitrogens with one attached hydrogen (secondary N) is 2. The highest BCUT2D eigenvalue weighted by Crippen LogP contribution is 2.21. The highest BCUT2D eigenvalue weighted by atomic mass is 32.2. The fraction of sp³-hybridized carbons (Fsp3) is 0.333. The Morgan fingerprint density at radius 1 is 1.06 bits per heavy atom. The summed E-state index contributed by atoms with van der Waals surface area (Å²) >= 11 is 0. The van der Waals surface area contributed by atoms with Crippen LogP contribution < -0.4 is 15.4 Å². The Morgan fingerprint density at radius 3 is 2.42 bits per heavy atom. The molecular weight excluding hydrogens is 422 g/mol. The van der Waals surface area contributed by atoms with E-state index in [2.05, 4.69) is 10.6 Å². The zero-order valence-corrected chi connectivity index (χ0v) is 17.9. The number of carbonyl (C=O) groups is 2. The third-order valence-electron chi connectivity index (χ3n) is 4.76. The average Bonchev–Trinajstić information content (AvgIpc) is 2.82. The van der Waals surface area contributed by atoms with Crippen LogP contribution in [0.1, 0.15) is 12.0 Å². The SMILES string of the molecule is COc1ccc(CNC(=O)C(=O)NC[C@@H]2OCCCN2S(=O)(=O)c2ccccc2)cc1. The van der Waals surface area contributed by atoms with Crippen LogP contribution in [0.25, 0.3) is 0 Å². The second-order valence-corrected chi connectivity index (χ2v) is 8.74. The standard InChI is InChI=1S/C21H25N3O6S/c1-29-17-10-8-16(9-11-17)14-22-20(25)21(26)23-15-19-24(12-5-13-30-19)31(27,28)18-6-3-2-4-7-18/h2-4,6-11,19H,5,12-15H2,1H3,(H,22,25)(H,23,26)/t19-/m0/s1. The number of sulfonamides is 1. The predicted octanol–water partition coefficient (Wildman–Crippen LogP) is 0.865. The van der Waals surface area contributed by atoms with Crippen molar-refractivity contribution < 1.29 is 27.5 Å². The van der Waals surface area contributed by atoms with Gasteiger partial charge in [0.25, 0.3) is 0 Å². The van der Waals surface area contributed by atoms with Crippen LogP contribution in [0.2, 0.25) is 0 Å². The lowest BCUT2D eigenvalue weighted by molar-refractivity contribution is -0.140. The largest absolute Gasteiger partial charge is 0.497 e. The van der Waals surface area contributed by atoms with Crippen molar-refractivity contribution in [2.24, 2.45) is 0 Å². The Balaban J connectivity index is 1.55. The summed E-state index contributed by atoms with van der Waals surface area (Å²) in [5.74, 6) is -0.987. The summed E-state index contributed by atoms with van der Waals surface area (Å²) in [4.78, 5) is 24.4. The van der Waals surface area contributed by atoms with Gasteiger partial charge in [-0.3, -0.25) is 9.59 Å². The van der Waals surface area contributed by atoms with Crippen molar-refractivity contribution in [2.45, 2.75) is 24.1 Å². The predicted molar refractivity (Wildman–Crippen MR) is 113 cm³/mol. The molecule has 0 radical (unpaired) electrons. The number of amides is 2. The monoisotopic (exact) mass is 447 g/mol. The smallest absolute Gasteiger partial charge is 0.309 e. The molecule has 2 aromatic carbocycles. The van der Waals surface area contributed by atoms with Gasteiger partial charge in [-0.25, -0.2) is 8.42 Å². The molecule has 1 atom stereocenters. The molecule has 0 aromatic heterocycles. The minimum atomic E-state index is -3.79. The van der Waals surface area contributed by atoms with Crippen molar-refractivity contribution in [2.75, 3.05) is 26.8 Å². The lowest BCUT2D eigenvalue weighted by atomic mass is 10.2. The summed E-state index contributed by atoms with van der Waals surface area (Å²) in [6, 6.07) is 15.1. The number of rotatable bonds is 7. The third kappa shape index (κ3) is 5.81. The number of hydrogen-bond donors (Lipinski definition) is 2. The summed E-state index contributed by atoms with van der Waals surface area (Å²) < 4.78 is 37.7. The molecule has 1 aliphatic rings. The van der Waals surface area contributed by atoms with Crippen molar-refractivity contribution >= 4 is 21.8 Å². The van der Waals surface area contributed by atoms with Gasteiger partial charge in [0.1, 0.15) is 12.0 Å². The third-order valence-corrected chi connectivity index (χ3v) is 6.66. The van der Waals surface area contributed by atoms with Gasteiger partial charge < -0.3 is 20.1 Å². The Bertz CT molecular complexity index is 996. The Labute approximate surface area is 181 Å². The highest BCUT2D eigenvalue weighted by Gasteiger charge is 2.34. The number of carbonyl (C=O) groups excluding carboxylic acids is 2. The van der Waals surface area contributed by atoms with Crippen LogP contribution in [0.15, 0.2) is 59.5 Å². The minimum Gasteiger partial charge on any atom is -0.497 e. The number of hydrogen-bond acceptors (Lipinski definition) is 6. The molecule has 166 valence electrons. The van der Waals surface area contributed by atoms with Crippen LogP contribution >= 0.6 is 0 Å². The first-order chi connectivity index (χ1) is 14.9. The van der Waals surface area contributed by atoms with Gasteiger partial charge >= 0.3 is 11.8 Å². The van der Waals surface area contributed by atoms with Gasteiger partial charge in [-0.2, -0.15) is 4.31 Å². The molecule has 10 heteroatoms. The Kier molecular flexibility index (Phi) is 7.61. The zero-order chi connectivity index (χ0) is 22.3. The number of nitrogens with zero attached hydrogens (tertiary/aromatic N) is 1. The van der Waals surface area contributed by atoms with E-state index in [0.717, 1.165) is 5.56 Å². The Hall–Kier alpha value is -2.95. The molecule has 1 aliphatic heterocycles. The van der Waals surface area contributed by atoms with Crippen LogP contribution in [-0.4, -0.2) is 57.6 Å². The second kappa shape index (κ2) is 10.4.